The molecule has 0 saturated heterocycles. The van der Waals surface area contributed by atoms with Crippen LogP contribution in [0.1, 0.15) is 38.3 Å². The molecule has 1 atom stereocenters. The molecule has 0 aromatic heterocycles. The molecule has 0 aliphatic heterocycles. The van der Waals surface area contributed by atoms with Crippen LogP contribution < -0.4 is 10.1 Å². The van der Waals surface area contributed by atoms with E-state index in [1.54, 1.807) is 30.7 Å². The largest absolute Gasteiger partial charge is 0.497 e. The lowest BCUT2D eigenvalue weighted by Crippen LogP contribution is -2.49. The molecule has 0 spiro atoms. The first kappa shape index (κ1) is 23.8. The third-order valence-corrected chi connectivity index (χ3v) is 5.70. The normalized spacial score (nSPS) is 11.8. The molecule has 2 aromatic rings. The van der Waals surface area contributed by atoms with Crippen LogP contribution >= 0.6 is 11.8 Å². The van der Waals surface area contributed by atoms with Crippen LogP contribution in [0.4, 0.5) is 0 Å². The zero-order valence-electron chi connectivity index (χ0n) is 18.5. The van der Waals surface area contributed by atoms with Gasteiger partial charge < -0.3 is 15.0 Å². The van der Waals surface area contributed by atoms with Crippen LogP contribution in [0.3, 0.4) is 0 Å². The van der Waals surface area contributed by atoms with Crippen LogP contribution in [-0.2, 0) is 16.1 Å². The maximum absolute atomic E-state index is 13.1. The number of carbonyl (C=O) groups excluding carboxylic acids is 2. The van der Waals surface area contributed by atoms with Crippen LogP contribution in [0.5, 0.6) is 5.75 Å². The first-order chi connectivity index (χ1) is 14.3. The summed E-state index contributed by atoms with van der Waals surface area (Å²) >= 11 is 1.65. The van der Waals surface area contributed by atoms with Gasteiger partial charge in [-0.05, 0) is 57.5 Å². The third-order valence-electron chi connectivity index (χ3n) is 4.69. The third kappa shape index (κ3) is 7.41. The van der Waals surface area contributed by atoms with E-state index in [1.165, 1.54) is 5.56 Å². The van der Waals surface area contributed by atoms with Gasteiger partial charge in [-0.1, -0.05) is 29.8 Å². The van der Waals surface area contributed by atoms with E-state index in [1.807, 2.05) is 38.1 Å². The number of aryl methyl sites for hydroxylation is 1. The highest BCUT2D eigenvalue weighted by Crippen LogP contribution is 2.21. The van der Waals surface area contributed by atoms with Gasteiger partial charge in [0.2, 0.25) is 11.8 Å². The lowest BCUT2D eigenvalue weighted by Gasteiger charge is -2.29. The summed E-state index contributed by atoms with van der Waals surface area (Å²) in [5.41, 5.74) is 2.14. The number of hydrogen-bond donors (Lipinski definition) is 1. The lowest BCUT2D eigenvalue weighted by molar-refractivity contribution is -0.140. The lowest BCUT2D eigenvalue weighted by atomic mass is 10.1. The molecule has 162 valence electrons. The number of methoxy groups -OCH3 is 1. The molecule has 2 aromatic carbocycles. The molecule has 0 aliphatic carbocycles. The van der Waals surface area contributed by atoms with Crippen molar-refractivity contribution in [1.82, 2.24) is 10.2 Å². The second-order valence-electron chi connectivity index (χ2n) is 7.62. The van der Waals surface area contributed by atoms with Gasteiger partial charge in [0.05, 0.1) is 7.11 Å². The summed E-state index contributed by atoms with van der Waals surface area (Å²) in [6.07, 6.45) is 0.363. The van der Waals surface area contributed by atoms with E-state index in [9.17, 15) is 9.59 Å². The van der Waals surface area contributed by atoms with E-state index in [2.05, 4.69) is 36.5 Å². The van der Waals surface area contributed by atoms with Crippen LogP contribution in [0.2, 0.25) is 0 Å². The van der Waals surface area contributed by atoms with E-state index in [0.717, 1.165) is 16.2 Å². The quantitative estimate of drug-likeness (QED) is 0.569. The Kier molecular flexibility index (Phi) is 9.24. The predicted molar refractivity (Wildman–Crippen MR) is 123 cm³/mol. The van der Waals surface area contributed by atoms with Crippen molar-refractivity contribution in [2.45, 2.75) is 57.6 Å². The highest BCUT2D eigenvalue weighted by molar-refractivity contribution is 7.99. The number of benzene rings is 2. The predicted octanol–water partition coefficient (Wildman–Crippen LogP) is 4.43. The minimum Gasteiger partial charge on any atom is -0.497 e. The molecule has 0 bridgehead atoms. The van der Waals surface area contributed by atoms with Crippen molar-refractivity contribution in [3.63, 3.8) is 0 Å². The Balaban J connectivity index is 2.08. The fraction of sp³-hybridized carbons (Fsp3) is 0.417. The molecule has 0 heterocycles. The van der Waals surface area contributed by atoms with Crippen LogP contribution in [0.25, 0.3) is 0 Å². The number of thioether (sulfide) groups is 1. The smallest absolute Gasteiger partial charge is 0.242 e. The van der Waals surface area contributed by atoms with Crippen molar-refractivity contribution in [2.75, 3.05) is 12.9 Å². The molecule has 5 nitrogen and oxygen atoms in total. The van der Waals surface area contributed by atoms with Crippen molar-refractivity contribution >= 4 is 23.6 Å². The van der Waals surface area contributed by atoms with Gasteiger partial charge in [0, 0.05) is 29.7 Å². The first-order valence-electron chi connectivity index (χ1n) is 10.2. The van der Waals surface area contributed by atoms with Gasteiger partial charge in [-0.25, -0.2) is 0 Å². The minimum absolute atomic E-state index is 0.0193. The van der Waals surface area contributed by atoms with E-state index in [-0.39, 0.29) is 17.9 Å². The second kappa shape index (κ2) is 11.6. The second-order valence-corrected chi connectivity index (χ2v) is 8.79. The van der Waals surface area contributed by atoms with Crippen LogP contribution in [-0.4, -0.2) is 41.7 Å². The average Bonchev–Trinajstić information content (AvgIpc) is 2.72. The summed E-state index contributed by atoms with van der Waals surface area (Å²) in [5.74, 6) is 1.21. The molecule has 0 unspecified atom stereocenters. The molecule has 1 N–H and O–H groups in total. The standard InChI is InChI=1S/C24H32N2O3S/c1-17(2)25-24(28)19(4)26(16-20-7-6-8-21(15-20)29-5)23(27)13-14-30-22-11-9-18(3)10-12-22/h6-12,15,17,19H,13-14,16H2,1-5H3,(H,25,28)/t19-/m1/s1. The number of hydrogen-bond acceptors (Lipinski definition) is 4. The SMILES string of the molecule is COc1cccc(CN(C(=O)CCSc2ccc(C)cc2)[C@H](C)C(=O)NC(C)C)c1. The topological polar surface area (TPSA) is 58.6 Å². The van der Waals surface area contributed by atoms with Gasteiger partial charge >= 0.3 is 0 Å². The van der Waals surface area contributed by atoms with Gasteiger partial charge in [0.25, 0.3) is 0 Å². The van der Waals surface area contributed by atoms with E-state index in [4.69, 9.17) is 4.74 Å². The zero-order chi connectivity index (χ0) is 22.1. The fourth-order valence-electron chi connectivity index (χ4n) is 2.99. The molecular weight excluding hydrogens is 396 g/mol. The monoisotopic (exact) mass is 428 g/mol. The molecule has 0 saturated carbocycles. The molecule has 6 heteroatoms. The van der Waals surface area contributed by atoms with Gasteiger partial charge in [-0.3, -0.25) is 9.59 Å². The Labute approximate surface area is 184 Å². The molecule has 2 rings (SSSR count). The highest BCUT2D eigenvalue weighted by Gasteiger charge is 2.26. The van der Waals surface area contributed by atoms with Crippen molar-refractivity contribution in [3.05, 3.63) is 59.7 Å². The summed E-state index contributed by atoms with van der Waals surface area (Å²) in [4.78, 5) is 28.5. The van der Waals surface area contributed by atoms with Crippen molar-refractivity contribution in [2.24, 2.45) is 0 Å². The number of rotatable bonds is 10. The highest BCUT2D eigenvalue weighted by atomic mass is 32.2. The van der Waals surface area contributed by atoms with Gasteiger partial charge in [0.1, 0.15) is 11.8 Å². The molecular formula is C24H32N2O3S. The number of ether oxygens (including phenoxy) is 1. The van der Waals surface area contributed by atoms with Crippen LogP contribution in [0.15, 0.2) is 53.4 Å². The van der Waals surface area contributed by atoms with Crippen molar-refractivity contribution in [1.29, 1.82) is 0 Å². The maximum Gasteiger partial charge on any atom is 0.242 e. The van der Waals surface area contributed by atoms with E-state index in [0.29, 0.717) is 18.7 Å². The Hall–Kier alpha value is -2.47. The molecule has 0 aliphatic rings. The average molecular weight is 429 g/mol. The van der Waals surface area contributed by atoms with E-state index >= 15 is 0 Å². The van der Waals surface area contributed by atoms with E-state index < -0.39 is 6.04 Å². The van der Waals surface area contributed by atoms with Gasteiger partial charge in [-0.15, -0.1) is 11.8 Å². The summed E-state index contributed by atoms with van der Waals surface area (Å²) in [6, 6.07) is 15.3. The summed E-state index contributed by atoms with van der Waals surface area (Å²) < 4.78 is 5.29. The summed E-state index contributed by atoms with van der Waals surface area (Å²) in [7, 11) is 1.61. The number of carbonyl (C=O) groups is 2. The van der Waals surface area contributed by atoms with Crippen molar-refractivity contribution in [3.8, 4) is 5.75 Å². The van der Waals surface area contributed by atoms with Crippen LogP contribution in [0, 0.1) is 6.92 Å². The first-order valence-corrected chi connectivity index (χ1v) is 11.2. The molecule has 30 heavy (non-hydrogen) atoms. The summed E-state index contributed by atoms with van der Waals surface area (Å²) in [5, 5.41) is 2.91. The fourth-order valence-corrected chi connectivity index (χ4v) is 3.83. The Morgan fingerprint density at radius 3 is 2.43 bits per heavy atom. The van der Waals surface area contributed by atoms with Gasteiger partial charge in [0.15, 0.2) is 0 Å². The Bertz CT molecular complexity index is 837. The Morgan fingerprint density at radius 2 is 1.80 bits per heavy atom. The zero-order valence-corrected chi connectivity index (χ0v) is 19.3. The maximum atomic E-state index is 13.1. The van der Waals surface area contributed by atoms with Crippen molar-refractivity contribution < 1.29 is 14.3 Å². The number of amides is 2. The number of nitrogens with zero attached hydrogens (tertiary/aromatic N) is 1. The number of nitrogens with one attached hydrogen (secondary N) is 1. The Morgan fingerprint density at radius 1 is 1.10 bits per heavy atom. The van der Waals surface area contributed by atoms with Gasteiger partial charge in [-0.2, -0.15) is 0 Å². The molecule has 0 radical (unpaired) electrons. The molecule has 2 amide bonds. The minimum atomic E-state index is -0.560. The molecule has 0 fully saturated rings. The summed E-state index contributed by atoms with van der Waals surface area (Å²) in [6.45, 7) is 8.02.